The Morgan fingerprint density at radius 1 is 0.646 bits per heavy atom. The predicted molar refractivity (Wildman–Crippen MR) is 183 cm³/mol. The Balaban J connectivity index is 0. The second-order valence-electron chi connectivity index (χ2n) is 8.66. The Morgan fingerprint density at radius 2 is 1.04 bits per heavy atom. The number of rotatable bonds is 6. The number of carbonyl (C=O) groups is 5. The van der Waals surface area contributed by atoms with E-state index in [4.69, 9.17) is 26.4 Å². The fraction of sp³-hybridized carbons (Fsp3) is 0.167. The summed E-state index contributed by atoms with van der Waals surface area (Å²) in [5.41, 5.74) is 11.6. The van der Waals surface area contributed by atoms with Crippen molar-refractivity contribution in [2.75, 3.05) is 28.7 Å². The number of nitrogens with zero attached hydrogens (tertiary/aromatic N) is 4. The summed E-state index contributed by atoms with van der Waals surface area (Å²) in [7, 11) is 0. The maximum Gasteiger partial charge on any atom is 0.356 e. The van der Waals surface area contributed by atoms with Crippen molar-refractivity contribution in [1.82, 2.24) is 19.9 Å². The second-order valence-corrected chi connectivity index (χ2v) is 8.66. The number of nitrogen functional groups attached to an aromatic ring is 2. The molecule has 0 radical (unpaired) electrons. The number of carboxylic acid groups (broad SMARTS) is 2. The van der Waals surface area contributed by atoms with Crippen molar-refractivity contribution >= 4 is 77.8 Å². The molecule has 0 atom stereocenters. The number of aryl methyl sites for hydroxylation is 1. The molecule has 4 aromatic rings. The largest absolute Gasteiger partial charge is 0.477 e. The molecule has 0 saturated carbocycles. The van der Waals surface area contributed by atoms with E-state index in [0.717, 1.165) is 5.69 Å². The van der Waals surface area contributed by atoms with Gasteiger partial charge < -0.3 is 37.1 Å². The number of carbonyl (C=O) groups excluding carboxylic acids is 3. The number of carboxylic acids is 2. The van der Waals surface area contributed by atoms with E-state index in [-0.39, 0.29) is 65.3 Å². The first-order valence-electron chi connectivity index (χ1n) is 13.3. The predicted octanol–water partition coefficient (Wildman–Crippen LogP) is 4.13. The summed E-state index contributed by atoms with van der Waals surface area (Å²) in [5.74, 6) is -1.60. The van der Waals surface area contributed by atoms with Gasteiger partial charge in [0.2, 0.25) is 11.8 Å². The van der Waals surface area contributed by atoms with Gasteiger partial charge in [0.15, 0.2) is 17.1 Å². The zero-order chi connectivity index (χ0) is 34.6. The summed E-state index contributed by atoms with van der Waals surface area (Å²) in [6.45, 7) is 6.75. The van der Waals surface area contributed by atoms with Crippen LogP contribution in [0.15, 0.2) is 72.8 Å². The number of anilines is 4. The summed E-state index contributed by atoms with van der Waals surface area (Å²) >= 11 is 0. The van der Waals surface area contributed by atoms with Crippen molar-refractivity contribution in [3.8, 4) is 0 Å². The molecule has 2 amide bonds. The lowest BCUT2D eigenvalue weighted by molar-refractivity contribution is -0.115. The van der Waals surface area contributed by atoms with Gasteiger partial charge in [-0.05, 0) is 62.4 Å². The number of nitrogens with two attached hydrogens (primary N) is 2. The highest BCUT2D eigenvalue weighted by Crippen LogP contribution is 2.05. The summed E-state index contributed by atoms with van der Waals surface area (Å²) in [6, 6.07) is 19.2. The Bertz CT molecular complexity index is 1660. The van der Waals surface area contributed by atoms with Gasteiger partial charge in [-0.3, -0.25) is 9.59 Å². The highest BCUT2D eigenvalue weighted by Gasteiger charge is 2.07. The standard InChI is InChI=1S/C8H8N2O3.C8H10N2O2.C8H10N2O.C6H6N2O2.2ClH/c1-5(11)9-7-4-2-3-6(10-7)8(12)13;1-2-12-8(11)6-4-3-5-7(9)10-6;1-6-4-3-5-8(9-6)10-7(2)11;7-5-3-1-2-4(8-5)6(9)10;;/h2-4H,1H3,(H,12,13)(H,9,10,11);3-5H,2H2,1H3,(H2,9,10);3-5H,1-2H3,(H,9,10,11);1-3H,(H2,7,8)(H,9,10);2*1H. The Kier molecular flexibility index (Phi) is 21.6. The number of esters is 1. The SMILES string of the molecule is CC(=O)Nc1cccc(C(=O)O)n1.CC(=O)Nc1cccc(C)n1.CCOC(=O)c1cccc(N)n1.Cl.Cl.Nc1cccc(C(=O)O)n1. The molecule has 0 aliphatic carbocycles. The summed E-state index contributed by atoms with van der Waals surface area (Å²) in [4.78, 5) is 68.0. The molecular weight excluding hydrogens is 671 g/mol. The van der Waals surface area contributed by atoms with Crippen LogP contribution in [0.1, 0.15) is 57.9 Å². The van der Waals surface area contributed by atoms with E-state index in [1.807, 2.05) is 19.1 Å². The number of nitrogens with one attached hydrogen (secondary N) is 2. The molecule has 0 aliphatic heterocycles. The quantitative estimate of drug-likeness (QED) is 0.154. The molecule has 0 bridgehead atoms. The average molecular weight is 708 g/mol. The highest BCUT2D eigenvalue weighted by atomic mass is 35.5. The topological polar surface area (TPSA) is 263 Å². The fourth-order valence-corrected chi connectivity index (χ4v) is 2.94. The first-order valence-corrected chi connectivity index (χ1v) is 13.3. The lowest BCUT2D eigenvalue weighted by Gasteiger charge is -2.00. The number of hydrogen-bond donors (Lipinski definition) is 6. The zero-order valence-corrected chi connectivity index (χ0v) is 27.9. The van der Waals surface area contributed by atoms with Gasteiger partial charge >= 0.3 is 17.9 Å². The Labute approximate surface area is 288 Å². The number of amides is 2. The first-order chi connectivity index (χ1) is 21.7. The van der Waals surface area contributed by atoms with Crippen molar-refractivity contribution in [2.45, 2.75) is 27.7 Å². The number of aromatic carboxylic acids is 2. The van der Waals surface area contributed by atoms with Crippen LogP contribution in [-0.2, 0) is 14.3 Å². The molecule has 0 aliphatic rings. The lowest BCUT2D eigenvalue weighted by Crippen LogP contribution is -2.09. The van der Waals surface area contributed by atoms with Gasteiger partial charge in [-0.2, -0.15) is 0 Å². The number of ether oxygens (including phenoxy) is 1. The van der Waals surface area contributed by atoms with Gasteiger partial charge in [0.25, 0.3) is 0 Å². The van der Waals surface area contributed by atoms with Crippen molar-refractivity contribution < 1.29 is 38.9 Å². The Hall–Kier alpha value is -5.87. The van der Waals surface area contributed by atoms with Crippen LogP contribution >= 0.6 is 24.8 Å². The molecule has 4 heterocycles. The molecule has 0 unspecified atom stereocenters. The molecule has 0 aromatic carbocycles. The van der Waals surface area contributed by atoms with Crippen molar-refractivity contribution in [1.29, 1.82) is 0 Å². The molecule has 4 aromatic heterocycles. The average Bonchev–Trinajstić information content (AvgIpc) is 2.98. The van der Waals surface area contributed by atoms with Crippen LogP contribution in [-0.4, -0.2) is 66.5 Å². The minimum atomic E-state index is -1.12. The third-order valence-electron chi connectivity index (χ3n) is 4.71. The van der Waals surface area contributed by atoms with E-state index in [9.17, 15) is 24.0 Å². The lowest BCUT2D eigenvalue weighted by atomic mass is 10.3. The second kappa shape index (κ2) is 23.5. The molecule has 0 fully saturated rings. The van der Waals surface area contributed by atoms with Crippen LogP contribution in [0, 0.1) is 6.92 Å². The number of hydrogen-bond acceptors (Lipinski definition) is 12. The zero-order valence-electron chi connectivity index (χ0n) is 26.2. The molecule has 0 saturated heterocycles. The minimum Gasteiger partial charge on any atom is -0.477 e. The van der Waals surface area contributed by atoms with Crippen LogP contribution < -0.4 is 22.1 Å². The third-order valence-corrected chi connectivity index (χ3v) is 4.71. The smallest absolute Gasteiger partial charge is 0.356 e. The van der Waals surface area contributed by atoms with E-state index in [1.54, 1.807) is 37.3 Å². The first kappa shape index (κ1) is 44.3. The van der Waals surface area contributed by atoms with Crippen LogP contribution in [0.3, 0.4) is 0 Å². The summed E-state index contributed by atoms with van der Waals surface area (Å²) < 4.78 is 4.73. The van der Waals surface area contributed by atoms with Crippen LogP contribution in [0.2, 0.25) is 0 Å². The van der Waals surface area contributed by atoms with Crippen molar-refractivity contribution in [3.05, 3.63) is 95.6 Å². The number of halogens is 2. The van der Waals surface area contributed by atoms with Gasteiger partial charge in [-0.25, -0.2) is 34.3 Å². The molecule has 258 valence electrons. The van der Waals surface area contributed by atoms with Gasteiger partial charge in [0.1, 0.15) is 23.3 Å². The van der Waals surface area contributed by atoms with E-state index in [2.05, 4.69) is 30.6 Å². The highest BCUT2D eigenvalue weighted by molar-refractivity contribution is 5.90. The monoisotopic (exact) mass is 706 g/mol. The maximum atomic E-state index is 11.1. The number of aromatic nitrogens is 4. The Morgan fingerprint density at radius 3 is 1.44 bits per heavy atom. The van der Waals surface area contributed by atoms with E-state index in [1.165, 1.54) is 44.2 Å². The van der Waals surface area contributed by atoms with E-state index < -0.39 is 17.9 Å². The molecular formula is C30H36Cl2N8O8. The summed E-state index contributed by atoms with van der Waals surface area (Å²) in [6.07, 6.45) is 0. The van der Waals surface area contributed by atoms with E-state index in [0.29, 0.717) is 18.2 Å². The normalized spacial score (nSPS) is 8.92. The van der Waals surface area contributed by atoms with Crippen LogP contribution in [0.5, 0.6) is 0 Å². The molecule has 8 N–H and O–H groups in total. The van der Waals surface area contributed by atoms with Crippen LogP contribution in [0.25, 0.3) is 0 Å². The third kappa shape index (κ3) is 18.8. The molecule has 16 nitrogen and oxygen atoms in total. The van der Waals surface area contributed by atoms with E-state index >= 15 is 0 Å². The van der Waals surface area contributed by atoms with Gasteiger partial charge in [-0.15, -0.1) is 24.8 Å². The van der Waals surface area contributed by atoms with Crippen LogP contribution in [0.4, 0.5) is 23.3 Å². The fourth-order valence-electron chi connectivity index (χ4n) is 2.94. The molecule has 18 heteroatoms. The van der Waals surface area contributed by atoms with Crippen molar-refractivity contribution in [2.24, 2.45) is 0 Å². The van der Waals surface area contributed by atoms with Gasteiger partial charge in [0.05, 0.1) is 6.61 Å². The van der Waals surface area contributed by atoms with Crippen molar-refractivity contribution in [3.63, 3.8) is 0 Å². The number of pyridine rings is 4. The van der Waals surface area contributed by atoms with Gasteiger partial charge in [0, 0.05) is 19.5 Å². The molecule has 48 heavy (non-hydrogen) atoms. The maximum absolute atomic E-state index is 11.1. The summed E-state index contributed by atoms with van der Waals surface area (Å²) in [5, 5.41) is 21.9. The molecule has 4 rings (SSSR count). The molecule has 0 spiro atoms. The van der Waals surface area contributed by atoms with Gasteiger partial charge in [-0.1, -0.05) is 24.3 Å². The minimum absolute atomic E-state index is 0.